The number of benzene rings is 2. The van der Waals surface area contributed by atoms with Crippen LogP contribution in [0.4, 0.5) is 5.69 Å². The maximum absolute atomic E-state index is 12.7. The number of allylic oxidation sites excluding steroid dienone is 2. The standard InChI is InChI=1S/C22H20N2O5S/c1-29-17-4-2-3-15(12-17)23-30(27,28)18-9-7-16(8-10-18)24-21(25)19-13-5-6-14(11-13)20(19)22(24)26/h2-10,12-14,23,25-26H,11H2,1H3/t13-,14?/m1/s1. The number of nitrogens with one attached hydrogen (secondary N) is 1. The van der Waals surface area contributed by atoms with Gasteiger partial charge in [0.15, 0.2) is 0 Å². The lowest BCUT2D eigenvalue weighted by molar-refractivity contribution is 0.395. The molecule has 0 aliphatic heterocycles. The number of nitrogens with zero attached hydrogens (tertiary/aromatic N) is 1. The maximum atomic E-state index is 12.7. The summed E-state index contributed by atoms with van der Waals surface area (Å²) in [4.78, 5) is 0.0643. The molecule has 8 heteroatoms. The zero-order valence-electron chi connectivity index (χ0n) is 16.1. The maximum Gasteiger partial charge on any atom is 0.261 e. The van der Waals surface area contributed by atoms with Gasteiger partial charge in [0.2, 0.25) is 11.8 Å². The van der Waals surface area contributed by atoms with Crippen LogP contribution in [0, 0.1) is 0 Å². The van der Waals surface area contributed by atoms with Crippen LogP contribution in [-0.2, 0) is 10.0 Å². The topological polar surface area (TPSA) is 101 Å². The zero-order valence-corrected chi connectivity index (χ0v) is 16.9. The second-order valence-corrected chi connectivity index (χ2v) is 9.16. The van der Waals surface area contributed by atoms with E-state index in [0.717, 1.165) is 17.5 Å². The van der Waals surface area contributed by atoms with Crippen molar-refractivity contribution in [2.75, 3.05) is 11.8 Å². The highest BCUT2D eigenvalue weighted by Gasteiger charge is 2.41. The average molecular weight is 424 g/mol. The van der Waals surface area contributed by atoms with E-state index in [9.17, 15) is 18.6 Å². The molecule has 5 rings (SSSR count). The SMILES string of the molecule is COc1cccc(NS(=O)(=O)c2ccc(-n3c(O)c4c(c3O)[C@@H]3C=CC4C3)cc2)c1. The molecule has 2 bridgehead atoms. The van der Waals surface area contributed by atoms with Gasteiger partial charge >= 0.3 is 0 Å². The van der Waals surface area contributed by atoms with Gasteiger partial charge in [-0.15, -0.1) is 0 Å². The quantitative estimate of drug-likeness (QED) is 0.541. The smallest absolute Gasteiger partial charge is 0.261 e. The van der Waals surface area contributed by atoms with E-state index in [1.807, 2.05) is 0 Å². The molecule has 0 amide bonds. The molecule has 0 saturated heterocycles. The van der Waals surface area contributed by atoms with Crippen LogP contribution in [0.2, 0.25) is 0 Å². The van der Waals surface area contributed by atoms with E-state index in [-0.39, 0.29) is 28.5 Å². The van der Waals surface area contributed by atoms with E-state index < -0.39 is 10.0 Å². The van der Waals surface area contributed by atoms with Crippen molar-refractivity contribution in [2.45, 2.75) is 23.2 Å². The summed E-state index contributed by atoms with van der Waals surface area (Å²) in [6.07, 6.45) is 4.98. The van der Waals surface area contributed by atoms with Crippen molar-refractivity contribution in [3.8, 4) is 23.2 Å². The number of methoxy groups -OCH3 is 1. The van der Waals surface area contributed by atoms with Crippen molar-refractivity contribution in [3.05, 3.63) is 71.8 Å². The van der Waals surface area contributed by atoms with Gasteiger partial charge in [-0.3, -0.25) is 9.29 Å². The predicted molar refractivity (Wildman–Crippen MR) is 112 cm³/mol. The molecule has 154 valence electrons. The third-order valence-electron chi connectivity index (χ3n) is 5.75. The summed E-state index contributed by atoms with van der Waals surface area (Å²) >= 11 is 0. The Kier molecular flexibility index (Phi) is 4.08. The Balaban J connectivity index is 1.45. The number of ether oxygens (including phenoxy) is 1. The highest BCUT2D eigenvalue weighted by Crippen LogP contribution is 2.57. The zero-order chi connectivity index (χ0) is 21.0. The number of rotatable bonds is 5. The molecule has 0 spiro atoms. The van der Waals surface area contributed by atoms with Gasteiger partial charge in [-0.25, -0.2) is 8.42 Å². The van der Waals surface area contributed by atoms with Gasteiger partial charge in [-0.05, 0) is 42.8 Å². The molecule has 7 nitrogen and oxygen atoms in total. The Labute approximate surface area is 173 Å². The minimum absolute atomic E-state index is 0.00413. The van der Waals surface area contributed by atoms with E-state index in [2.05, 4.69) is 16.9 Å². The predicted octanol–water partition coefficient (Wildman–Crippen LogP) is 3.84. The van der Waals surface area contributed by atoms with Crippen molar-refractivity contribution >= 4 is 15.7 Å². The molecule has 0 radical (unpaired) electrons. The fraction of sp³-hybridized carbons (Fsp3) is 0.182. The first-order valence-electron chi connectivity index (χ1n) is 9.51. The Morgan fingerprint density at radius 1 is 1.00 bits per heavy atom. The molecule has 3 N–H and O–H groups in total. The Morgan fingerprint density at radius 2 is 1.63 bits per heavy atom. The number of aromatic hydroxyl groups is 2. The lowest BCUT2D eigenvalue weighted by atomic mass is 10.0. The van der Waals surface area contributed by atoms with Crippen molar-refractivity contribution in [1.82, 2.24) is 4.57 Å². The molecule has 2 aliphatic carbocycles. The number of hydrogen-bond donors (Lipinski definition) is 3. The number of anilines is 1. The molecular weight excluding hydrogens is 404 g/mol. The molecule has 1 aromatic heterocycles. The van der Waals surface area contributed by atoms with Crippen LogP contribution < -0.4 is 9.46 Å². The summed E-state index contributed by atoms with van der Waals surface area (Å²) in [6, 6.07) is 12.6. The van der Waals surface area contributed by atoms with Gasteiger partial charge in [-0.2, -0.15) is 0 Å². The van der Waals surface area contributed by atoms with Crippen LogP contribution in [0.5, 0.6) is 17.5 Å². The fourth-order valence-corrected chi connectivity index (χ4v) is 5.41. The van der Waals surface area contributed by atoms with Gasteiger partial charge in [0.1, 0.15) is 5.75 Å². The van der Waals surface area contributed by atoms with Gasteiger partial charge in [0, 0.05) is 29.0 Å². The summed E-state index contributed by atoms with van der Waals surface area (Å²) in [7, 11) is -2.30. The first kappa shape index (κ1) is 18.6. The van der Waals surface area contributed by atoms with Crippen LogP contribution in [0.3, 0.4) is 0 Å². The van der Waals surface area contributed by atoms with E-state index in [4.69, 9.17) is 4.74 Å². The van der Waals surface area contributed by atoms with Crippen LogP contribution in [0.1, 0.15) is 29.4 Å². The highest BCUT2D eigenvalue weighted by atomic mass is 32.2. The minimum atomic E-state index is -3.81. The molecule has 30 heavy (non-hydrogen) atoms. The lowest BCUT2D eigenvalue weighted by Gasteiger charge is -2.12. The molecule has 0 fully saturated rings. The van der Waals surface area contributed by atoms with Gasteiger partial charge < -0.3 is 14.9 Å². The second-order valence-electron chi connectivity index (χ2n) is 7.47. The van der Waals surface area contributed by atoms with Crippen molar-refractivity contribution < 1.29 is 23.4 Å². The number of aromatic nitrogens is 1. The molecule has 2 aliphatic rings. The van der Waals surface area contributed by atoms with E-state index in [1.165, 1.54) is 23.8 Å². The lowest BCUT2D eigenvalue weighted by Crippen LogP contribution is -2.13. The van der Waals surface area contributed by atoms with Gasteiger partial charge in [-0.1, -0.05) is 18.2 Å². The molecule has 3 aromatic rings. The molecular formula is C22H20N2O5S. The Morgan fingerprint density at radius 3 is 2.23 bits per heavy atom. The van der Waals surface area contributed by atoms with E-state index >= 15 is 0 Å². The van der Waals surface area contributed by atoms with Crippen LogP contribution in [0.15, 0.2) is 65.6 Å². The van der Waals surface area contributed by atoms with Crippen molar-refractivity contribution in [1.29, 1.82) is 0 Å². The highest BCUT2D eigenvalue weighted by molar-refractivity contribution is 7.92. The monoisotopic (exact) mass is 424 g/mol. The van der Waals surface area contributed by atoms with Crippen molar-refractivity contribution in [3.63, 3.8) is 0 Å². The third kappa shape index (κ3) is 2.75. The third-order valence-corrected chi connectivity index (χ3v) is 7.15. The minimum Gasteiger partial charge on any atom is -0.497 e. The summed E-state index contributed by atoms with van der Waals surface area (Å²) in [5, 5.41) is 21.4. The summed E-state index contributed by atoms with van der Waals surface area (Å²) in [5.74, 6) is 0.780. The van der Waals surface area contributed by atoms with Crippen LogP contribution in [-0.4, -0.2) is 30.3 Å². The molecule has 1 unspecified atom stereocenters. The number of sulfonamides is 1. The Hall–Kier alpha value is -3.39. The van der Waals surface area contributed by atoms with E-state index in [0.29, 0.717) is 17.1 Å². The Bertz CT molecular complexity index is 1240. The first-order chi connectivity index (χ1) is 14.4. The summed E-state index contributed by atoms with van der Waals surface area (Å²) in [5.41, 5.74) is 2.39. The summed E-state index contributed by atoms with van der Waals surface area (Å²) in [6.45, 7) is 0. The molecule has 0 saturated carbocycles. The summed E-state index contributed by atoms with van der Waals surface area (Å²) < 4.78 is 34.5. The number of fused-ring (bicyclic) bond motifs is 5. The molecule has 1 heterocycles. The fourth-order valence-electron chi connectivity index (χ4n) is 4.36. The van der Waals surface area contributed by atoms with Crippen molar-refractivity contribution in [2.24, 2.45) is 0 Å². The number of hydrogen-bond acceptors (Lipinski definition) is 5. The average Bonchev–Trinajstić information content (AvgIpc) is 3.42. The largest absolute Gasteiger partial charge is 0.497 e. The molecule has 2 aromatic carbocycles. The normalized spacial score (nSPS) is 19.1. The second kappa shape index (κ2) is 6.56. The van der Waals surface area contributed by atoms with Crippen LogP contribution in [0.25, 0.3) is 5.69 Å². The van der Waals surface area contributed by atoms with Crippen LogP contribution >= 0.6 is 0 Å². The van der Waals surface area contributed by atoms with Gasteiger partial charge in [0.25, 0.3) is 10.0 Å². The van der Waals surface area contributed by atoms with E-state index in [1.54, 1.807) is 36.4 Å². The van der Waals surface area contributed by atoms with Gasteiger partial charge in [0.05, 0.1) is 23.4 Å². The molecule has 2 atom stereocenters. The first-order valence-corrected chi connectivity index (χ1v) is 11.0.